The Hall–Kier alpha value is -0.730. The zero-order valence-corrected chi connectivity index (χ0v) is 10.2. The molecular formula is C12H18ClNO. The molecule has 2 N–H and O–H groups in total. The highest BCUT2D eigenvalue weighted by atomic mass is 35.5. The molecule has 0 aromatic heterocycles. The van der Waals surface area contributed by atoms with Gasteiger partial charge in [0.05, 0.1) is 5.02 Å². The first-order valence-corrected chi connectivity index (χ1v) is 5.60. The van der Waals surface area contributed by atoms with E-state index < -0.39 is 0 Å². The average Bonchev–Trinajstić information content (AvgIpc) is 2.19. The molecule has 0 spiro atoms. The van der Waals surface area contributed by atoms with Gasteiger partial charge in [0.25, 0.3) is 0 Å². The first kappa shape index (κ1) is 12.3. The summed E-state index contributed by atoms with van der Waals surface area (Å²) < 4.78 is 0. The summed E-state index contributed by atoms with van der Waals surface area (Å²) in [6.45, 7) is 5.07. The van der Waals surface area contributed by atoms with Crippen LogP contribution in [0.1, 0.15) is 30.9 Å². The Bertz CT molecular complexity index is 337. The minimum absolute atomic E-state index is 0.219. The minimum Gasteiger partial charge on any atom is -0.506 e. The largest absolute Gasteiger partial charge is 0.506 e. The molecule has 15 heavy (non-hydrogen) atoms. The Morgan fingerprint density at radius 1 is 1.40 bits per heavy atom. The molecule has 1 aromatic carbocycles. The maximum atomic E-state index is 9.77. The number of rotatable bonds is 4. The van der Waals surface area contributed by atoms with Gasteiger partial charge in [0, 0.05) is 0 Å². The molecule has 0 saturated heterocycles. The average molecular weight is 228 g/mol. The Balaban J connectivity index is 3.02. The summed E-state index contributed by atoms with van der Waals surface area (Å²) in [6, 6.07) is 3.87. The van der Waals surface area contributed by atoms with Gasteiger partial charge in [-0.25, -0.2) is 0 Å². The summed E-state index contributed by atoms with van der Waals surface area (Å²) in [5, 5.41) is 13.3. The lowest BCUT2D eigenvalue weighted by atomic mass is 9.99. The molecule has 2 nitrogen and oxygen atoms in total. The second-order valence-electron chi connectivity index (χ2n) is 4.02. The van der Waals surface area contributed by atoms with E-state index >= 15 is 0 Å². The van der Waals surface area contributed by atoms with E-state index in [4.69, 9.17) is 11.6 Å². The molecule has 0 radical (unpaired) electrons. The topological polar surface area (TPSA) is 32.3 Å². The number of nitrogens with one attached hydrogen (secondary N) is 1. The fraction of sp³-hybridized carbons (Fsp3) is 0.500. The van der Waals surface area contributed by atoms with Crippen LogP contribution in [0.3, 0.4) is 0 Å². The molecule has 0 fully saturated rings. The van der Waals surface area contributed by atoms with Crippen LogP contribution in [-0.4, -0.2) is 18.7 Å². The predicted octanol–water partition coefficient (Wildman–Crippen LogP) is 2.93. The summed E-state index contributed by atoms with van der Waals surface area (Å²) >= 11 is 5.97. The predicted molar refractivity (Wildman–Crippen MR) is 64.8 cm³/mol. The fourth-order valence-corrected chi connectivity index (χ4v) is 1.71. The third-order valence-electron chi connectivity index (χ3n) is 2.48. The third-order valence-corrected chi connectivity index (χ3v) is 2.76. The highest BCUT2D eigenvalue weighted by molar-refractivity contribution is 6.32. The lowest BCUT2D eigenvalue weighted by Crippen LogP contribution is -2.10. The number of aromatic hydroxyl groups is 1. The molecule has 0 bridgehead atoms. The van der Waals surface area contributed by atoms with Crippen molar-refractivity contribution in [1.29, 1.82) is 0 Å². The first-order valence-electron chi connectivity index (χ1n) is 5.22. The van der Waals surface area contributed by atoms with Crippen LogP contribution in [0.4, 0.5) is 0 Å². The van der Waals surface area contributed by atoms with Crippen LogP contribution in [0.2, 0.25) is 5.02 Å². The number of halogens is 1. The standard InChI is InChI=1S/C12H18ClNO/c1-8(2)10-6-9(4-5-14-3)12(15)11(13)7-10/h6-8,14-15H,4-5H2,1-3H3. The van der Waals surface area contributed by atoms with E-state index in [1.807, 2.05) is 19.2 Å². The van der Waals surface area contributed by atoms with Gasteiger partial charge in [0.15, 0.2) is 0 Å². The molecule has 0 aliphatic heterocycles. The zero-order chi connectivity index (χ0) is 11.4. The van der Waals surface area contributed by atoms with Crippen molar-refractivity contribution in [1.82, 2.24) is 5.32 Å². The van der Waals surface area contributed by atoms with E-state index in [9.17, 15) is 5.11 Å². The second-order valence-corrected chi connectivity index (χ2v) is 4.43. The molecule has 1 aromatic rings. The van der Waals surface area contributed by atoms with Crippen molar-refractivity contribution in [3.05, 3.63) is 28.3 Å². The van der Waals surface area contributed by atoms with Crippen LogP contribution < -0.4 is 5.32 Å². The molecule has 0 unspecified atom stereocenters. The van der Waals surface area contributed by atoms with Gasteiger partial charge in [-0.1, -0.05) is 31.5 Å². The van der Waals surface area contributed by atoms with Gasteiger partial charge in [0.1, 0.15) is 5.75 Å². The van der Waals surface area contributed by atoms with Crippen molar-refractivity contribution in [3.8, 4) is 5.75 Å². The van der Waals surface area contributed by atoms with E-state index in [1.54, 1.807) is 0 Å². The third kappa shape index (κ3) is 3.11. The SMILES string of the molecule is CNCCc1cc(C(C)C)cc(Cl)c1O. The van der Waals surface area contributed by atoms with Gasteiger partial charge in [-0.15, -0.1) is 0 Å². The molecule has 84 valence electrons. The Kier molecular flexibility index (Phi) is 4.43. The molecule has 0 aliphatic carbocycles. The van der Waals surface area contributed by atoms with E-state index in [0.717, 1.165) is 18.5 Å². The van der Waals surface area contributed by atoms with E-state index in [2.05, 4.69) is 19.2 Å². The van der Waals surface area contributed by atoms with Crippen LogP contribution in [0.15, 0.2) is 12.1 Å². The van der Waals surface area contributed by atoms with Gasteiger partial charge in [-0.2, -0.15) is 0 Å². The van der Waals surface area contributed by atoms with Crippen LogP contribution in [0, 0.1) is 0 Å². The quantitative estimate of drug-likeness (QED) is 0.829. The van der Waals surface area contributed by atoms with Crippen LogP contribution in [-0.2, 0) is 6.42 Å². The lowest BCUT2D eigenvalue weighted by Gasteiger charge is -2.11. The van der Waals surface area contributed by atoms with Crippen molar-refractivity contribution in [2.24, 2.45) is 0 Å². The number of hydrogen-bond donors (Lipinski definition) is 2. The monoisotopic (exact) mass is 227 g/mol. The Morgan fingerprint density at radius 3 is 2.60 bits per heavy atom. The molecular weight excluding hydrogens is 210 g/mol. The van der Waals surface area contributed by atoms with E-state index in [-0.39, 0.29) is 5.75 Å². The summed E-state index contributed by atoms with van der Waals surface area (Å²) in [5.41, 5.74) is 2.09. The smallest absolute Gasteiger partial charge is 0.137 e. The number of hydrogen-bond acceptors (Lipinski definition) is 2. The van der Waals surface area contributed by atoms with Crippen molar-refractivity contribution in [2.75, 3.05) is 13.6 Å². The van der Waals surface area contributed by atoms with Gasteiger partial charge >= 0.3 is 0 Å². The van der Waals surface area contributed by atoms with E-state index in [0.29, 0.717) is 10.9 Å². The zero-order valence-electron chi connectivity index (χ0n) is 9.47. The molecule has 3 heteroatoms. The van der Waals surface area contributed by atoms with Crippen LogP contribution in [0.25, 0.3) is 0 Å². The summed E-state index contributed by atoms with van der Waals surface area (Å²) in [5.74, 6) is 0.646. The van der Waals surface area contributed by atoms with Crippen molar-refractivity contribution >= 4 is 11.6 Å². The highest BCUT2D eigenvalue weighted by Gasteiger charge is 2.09. The fourth-order valence-electron chi connectivity index (χ4n) is 1.46. The number of phenols is 1. The minimum atomic E-state index is 0.219. The van der Waals surface area contributed by atoms with Gasteiger partial charge in [-0.3, -0.25) is 0 Å². The van der Waals surface area contributed by atoms with Crippen LogP contribution >= 0.6 is 11.6 Å². The molecule has 0 saturated carbocycles. The van der Waals surface area contributed by atoms with Gasteiger partial charge < -0.3 is 10.4 Å². The Labute approximate surface area is 96.3 Å². The second kappa shape index (κ2) is 5.38. The van der Waals surface area contributed by atoms with Crippen molar-refractivity contribution in [3.63, 3.8) is 0 Å². The van der Waals surface area contributed by atoms with Gasteiger partial charge in [-0.05, 0) is 43.1 Å². The van der Waals surface area contributed by atoms with E-state index in [1.165, 1.54) is 5.56 Å². The lowest BCUT2D eigenvalue weighted by molar-refractivity contribution is 0.467. The number of benzene rings is 1. The van der Waals surface area contributed by atoms with Gasteiger partial charge in [0.2, 0.25) is 0 Å². The molecule has 0 amide bonds. The van der Waals surface area contributed by atoms with Crippen LogP contribution in [0.5, 0.6) is 5.75 Å². The molecule has 0 atom stereocenters. The molecule has 0 aliphatic rings. The summed E-state index contributed by atoms with van der Waals surface area (Å²) in [6.07, 6.45) is 0.794. The number of phenolic OH excluding ortho intramolecular Hbond substituents is 1. The summed E-state index contributed by atoms with van der Waals surface area (Å²) in [7, 11) is 1.89. The maximum absolute atomic E-state index is 9.77. The molecule has 0 heterocycles. The van der Waals surface area contributed by atoms with Crippen molar-refractivity contribution in [2.45, 2.75) is 26.2 Å². The summed E-state index contributed by atoms with van der Waals surface area (Å²) in [4.78, 5) is 0. The molecule has 1 rings (SSSR count). The normalized spacial score (nSPS) is 11.0. The highest BCUT2D eigenvalue weighted by Crippen LogP contribution is 2.31. The first-order chi connectivity index (χ1) is 7.06. The Morgan fingerprint density at radius 2 is 2.07 bits per heavy atom. The number of likely N-dealkylation sites (N-methyl/N-ethyl adjacent to an activating group) is 1. The maximum Gasteiger partial charge on any atom is 0.137 e. The van der Waals surface area contributed by atoms with Crippen molar-refractivity contribution < 1.29 is 5.11 Å².